The van der Waals surface area contributed by atoms with Crippen LogP contribution in [0.5, 0.6) is 0 Å². The van der Waals surface area contributed by atoms with Gasteiger partial charge in [0.25, 0.3) is 0 Å². The van der Waals surface area contributed by atoms with E-state index < -0.39 is 0 Å². The molecule has 1 heterocycles. The molecule has 5 heteroatoms. The number of anilines is 3. The average molecular weight is 618 g/mol. The third-order valence-corrected chi connectivity index (χ3v) is 8.62. The van der Waals surface area contributed by atoms with Gasteiger partial charge >= 0.3 is 0 Å². The Labute approximate surface area is 272 Å². The first kappa shape index (κ1) is 28.6. The summed E-state index contributed by atoms with van der Waals surface area (Å²) in [4.78, 5) is 14.5. The van der Waals surface area contributed by atoms with E-state index in [0.29, 0.717) is 5.82 Å². The van der Waals surface area contributed by atoms with Crippen molar-refractivity contribution in [2.24, 2.45) is 0 Å². The van der Waals surface area contributed by atoms with Crippen molar-refractivity contribution in [1.29, 1.82) is 0 Å². The van der Waals surface area contributed by atoms with Crippen LogP contribution in [0.15, 0.2) is 180 Å². The van der Waals surface area contributed by atoms with Crippen LogP contribution in [0.2, 0.25) is 5.02 Å². The van der Waals surface area contributed by atoms with Crippen molar-refractivity contribution in [2.45, 2.75) is 9.79 Å². The summed E-state index contributed by atoms with van der Waals surface area (Å²) in [6.07, 6.45) is 0. The van der Waals surface area contributed by atoms with Crippen molar-refractivity contribution in [3.05, 3.63) is 175 Å². The van der Waals surface area contributed by atoms with E-state index in [1.54, 1.807) is 11.8 Å². The maximum atomic E-state index is 6.21. The standard InChI is InChI=1S/C40H28ClN3S/c41-32-15-10-18-37(27-32)45-36-25-23-35(24-26-36)44(33-16-8-3-9-17-33)34-21-19-31(20-22-34)40-42-38(29-11-4-1-5-12-29)28-39(43-40)30-13-6-2-7-14-30/h1-28H. The first-order valence-electron chi connectivity index (χ1n) is 14.7. The monoisotopic (exact) mass is 617 g/mol. The van der Waals surface area contributed by atoms with Gasteiger partial charge in [0.2, 0.25) is 0 Å². The Morgan fingerprint density at radius 1 is 0.422 bits per heavy atom. The minimum Gasteiger partial charge on any atom is -0.311 e. The van der Waals surface area contributed by atoms with Crippen LogP contribution >= 0.6 is 23.4 Å². The second kappa shape index (κ2) is 13.2. The zero-order chi connectivity index (χ0) is 30.4. The fourth-order valence-electron chi connectivity index (χ4n) is 5.20. The average Bonchev–Trinajstić information content (AvgIpc) is 3.10. The lowest BCUT2D eigenvalue weighted by molar-refractivity contribution is 1.18. The molecular weight excluding hydrogens is 590 g/mol. The second-order valence-corrected chi connectivity index (χ2v) is 12.0. The highest BCUT2D eigenvalue weighted by atomic mass is 35.5. The highest BCUT2D eigenvalue weighted by molar-refractivity contribution is 7.99. The van der Waals surface area contributed by atoms with Crippen LogP contribution in [-0.4, -0.2) is 9.97 Å². The Balaban J connectivity index is 1.24. The van der Waals surface area contributed by atoms with E-state index in [-0.39, 0.29) is 0 Å². The van der Waals surface area contributed by atoms with E-state index in [0.717, 1.165) is 60.0 Å². The summed E-state index contributed by atoms with van der Waals surface area (Å²) < 4.78 is 0. The normalized spacial score (nSPS) is 10.9. The van der Waals surface area contributed by atoms with Crippen molar-refractivity contribution in [3.8, 4) is 33.9 Å². The van der Waals surface area contributed by atoms with Gasteiger partial charge in [-0.25, -0.2) is 9.97 Å². The molecule has 0 amide bonds. The summed E-state index contributed by atoms with van der Waals surface area (Å²) in [5, 5.41) is 0.740. The van der Waals surface area contributed by atoms with Crippen molar-refractivity contribution in [2.75, 3.05) is 4.90 Å². The number of hydrogen-bond donors (Lipinski definition) is 0. The molecule has 0 saturated heterocycles. The number of benzene rings is 6. The predicted octanol–water partition coefficient (Wildman–Crippen LogP) is 11.8. The van der Waals surface area contributed by atoms with Gasteiger partial charge in [-0.3, -0.25) is 0 Å². The van der Waals surface area contributed by atoms with Crippen LogP contribution in [0.25, 0.3) is 33.9 Å². The zero-order valence-electron chi connectivity index (χ0n) is 24.3. The molecule has 7 rings (SSSR count). The molecule has 3 nitrogen and oxygen atoms in total. The van der Waals surface area contributed by atoms with Gasteiger partial charge in [-0.2, -0.15) is 0 Å². The Bertz CT molecular complexity index is 1960. The van der Waals surface area contributed by atoms with Gasteiger partial charge in [-0.05, 0) is 84.9 Å². The van der Waals surface area contributed by atoms with Crippen LogP contribution in [-0.2, 0) is 0 Å². The molecule has 216 valence electrons. The molecule has 6 aromatic carbocycles. The van der Waals surface area contributed by atoms with Crippen LogP contribution in [0.4, 0.5) is 17.1 Å². The van der Waals surface area contributed by atoms with Crippen LogP contribution < -0.4 is 4.90 Å². The third-order valence-electron chi connectivity index (χ3n) is 7.39. The molecule has 0 spiro atoms. The molecule has 0 N–H and O–H groups in total. The molecule has 0 saturated carbocycles. The Morgan fingerprint density at radius 2 is 0.933 bits per heavy atom. The van der Waals surface area contributed by atoms with Crippen molar-refractivity contribution >= 4 is 40.4 Å². The van der Waals surface area contributed by atoms with Gasteiger partial charge < -0.3 is 4.90 Å². The van der Waals surface area contributed by atoms with E-state index in [2.05, 4.69) is 114 Å². The predicted molar refractivity (Wildman–Crippen MR) is 189 cm³/mol. The Kier molecular flexibility index (Phi) is 8.41. The van der Waals surface area contributed by atoms with Crippen molar-refractivity contribution in [1.82, 2.24) is 9.97 Å². The number of aromatic nitrogens is 2. The first-order chi connectivity index (χ1) is 22.2. The van der Waals surface area contributed by atoms with E-state index in [9.17, 15) is 0 Å². The summed E-state index contributed by atoms with van der Waals surface area (Å²) in [6, 6.07) is 58.0. The van der Waals surface area contributed by atoms with Gasteiger partial charge in [0.1, 0.15) is 0 Å². The SMILES string of the molecule is Clc1cccc(Sc2ccc(N(c3ccccc3)c3ccc(-c4nc(-c5ccccc5)cc(-c5ccccc5)n4)cc3)cc2)c1. The molecule has 0 aliphatic rings. The molecule has 45 heavy (non-hydrogen) atoms. The van der Waals surface area contributed by atoms with Gasteiger partial charge in [-0.15, -0.1) is 0 Å². The lowest BCUT2D eigenvalue weighted by Crippen LogP contribution is -2.09. The number of rotatable bonds is 8. The summed E-state index contributed by atoms with van der Waals surface area (Å²) in [5.41, 5.74) is 8.05. The smallest absolute Gasteiger partial charge is 0.160 e. The van der Waals surface area contributed by atoms with Gasteiger partial charge in [-0.1, -0.05) is 108 Å². The molecule has 0 atom stereocenters. The van der Waals surface area contributed by atoms with E-state index in [4.69, 9.17) is 21.6 Å². The molecule has 7 aromatic rings. The highest BCUT2D eigenvalue weighted by Crippen LogP contribution is 2.38. The maximum absolute atomic E-state index is 6.21. The molecule has 0 bridgehead atoms. The fraction of sp³-hybridized carbons (Fsp3) is 0. The Hall–Kier alpha value is -5.16. The van der Waals surface area contributed by atoms with E-state index in [1.165, 1.54) is 0 Å². The van der Waals surface area contributed by atoms with Crippen LogP contribution in [0, 0.1) is 0 Å². The number of halogens is 1. The van der Waals surface area contributed by atoms with E-state index in [1.807, 2.05) is 60.7 Å². The minimum atomic E-state index is 0.690. The minimum absolute atomic E-state index is 0.690. The molecule has 1 aromatic heterocycles. The van der Waals surface area contributed by atoms with Gasteiger partial charge in [0.15, 0.2) is 5.82 Å². The van der Waals surface area contributed by atoms with E-state index >= 15 is 0 Å². The summed E-state index contributed by atoms with van der Waals surface area (Å²) in [7, 11) is 0. The second-order valence-electron chi connectivity index (χ2n) is 10.5. The molecule has 0 unspecified atom stereocenters. The summed E-state index contributed by atoms with van der Waals surface area (Å²) >= 11 is 7.90. The lowest BCUT2D eigenvalue weighted by Gasteiger charge is -2.25. The van der Waals surface area contributed by atoms with Gasteiger partial charge in [0, 0.05) is 48.6 Å². The molecule has 0 aliphatic carbocycles. The third kappa shape index (κ3) is 6.68. The van der Waals surface area contributed by atoms with Crippen molar-refractivity contribution in [3.63, 3.8) is 0 Å². The molecule has 0 fully saturated rings. The number of hydrogen-bond acceptors (Lipinski definition) is 4. The molecule has 0 aliphatic heterocycles. The van der Waals surface area contributed by atoms with Gasteiger partial charge in [0.05, 0.1) is 11.4 Å². The molecular formula is C40H28ClN3S. The summed E-state index contributed by atoms with van der Waals surface area (Å²) in [6.45, 7) is 0. The summed E-state index contributed by atoms with van der Waals surface area (Å²) in [5.74, 6) is 0.690. The number of nitrogens with zero attached hydrogens (tertiary/aromatic N) is 3. The zero-order valence-corrected chi connectivity index (χ0v) is 25.9. The topological polar surface area (TPSA) is 29.0 Å². The largest absolute Gasteiger partial charge is 0.311 e. The molecule has 0 radical (unpaired) electrons. The quantitative estimate of drug-likeness (QED) is 0.170. The maximum Gasteiger partial charge on any atom is 0.160 e. The Morgan fingerprint density at radius 3 is 1.49 bits per heavy atom. The van der Waals surface area contributed by atoms with Crippen LogP contribution in [0.3, 0.4) is 0 Å². The lowest BCUT2D eigenvalue weighted by atomic mass is 10.1. The number of para-hydroxylation sites is 1. The van der Waals surface area contributed by atoms with Crippen molar-refractivity contribution < 1.29 is 0 Å². The highest BCUT2D eigenvalue weighted by Gasteiger charge is 2.15. The van der Waals surface area contributed by atoms with Crippen LogP contribution in [0.1, 0.15) is 0 Å². The fourth-order valence-corrected chi connectivity index (χ4v) is 6.34. The first-order valence-corrected chi connectivity index (χ1v) is 15.9.